The summed E-state index contributed by atoms with van der Waals surface area (Å²) in [4.78, 5) is 22.9. The van der Waals surface area contributed by atoms with E-state index >= 15 is 0 Å². The van der Waals surface area contributed by atoms with Crippen molar-refractivity contribution in [2.24, 2.45) is 0 Å². The molecule has 0 bridgehead atoms. The van der Waals surface area contributed by atoms with Crippen molar-refractivity contribution in [3.05, 3.63) is 42.1 Å². The first-order valence-corrected chi connectivity index (χ1v) is 9.58. The number of esters is 1. The van der Waals surface area contributed by atoms with Crippen LogP contribution in [0, 0.1) is 0 Å². The summed E-state index contributed by atoms with van der Waals surface area (Å²) in [6.45, 7) is 5.14. The van der Waals surface area contributed by atoms with E-state index in [9.17, 15) is 4.79 Å². The van der Waals surface area contributed by atoms with Crippen LogP contribution in [0.2, 0.25) is 0 Å². The lowest BCUT2D eigenvalue weighted by atomic mass is 10.0. The number of nitrogens with zero attached hydrogens (tertiary/aromatic N) is 3. The molecule has 1 spiro atoms. The number of nitrogens with one attached hydrogen (secondary N) is 1. The lowest BCUT2D eigenvalue weighted by molar-refractivity contribution is -0.169. The second-order valence-electron chi connectivity index (χ2n) is 6.76. The Kier molecular flexibility index (Phi) is 5.40. The zero-order valence-electron chi connectivity index (χ0n) is 15.9. The summed E-state index contributed by atoms with van der Waals surface area (Å²) in [6, 6.07) is 8.96. The molecule has 0 aliphatic carbocycles. The smallest absolute Gasteiger partial charge is 0.338 e. The third-order valence-corrected chi connectivity index (χ3v) is 4.96. The SMILES string of the molecule is CCOC(=O)c1ccc(Nc2nccc(N3CCC4(CC3)OCCO4)n2)cc1. The number of piperidine rings is 1. The van der Waals surface area contributed by atoms with Gasteiger partial charge in [0.1, 0.15) is 5.82 Å². The van der Waals surface area contributed by atoms with Crippen LogP contribution in [0.25, 0.3) is 0 Å². The van der Waals surface area contributed by atoms with E-state index in [4.69, 9.17) is 14.2 Å². The minimum atomic E-state index is -0.398. The van der Waals surface area contributed by atoms with Gasteiger partial charge in [-0.25, -0.2) is 9.78 Å². The maximum absolute atomic E-state index is 11.7. The molecule has 0 radical (unpaired) electrons. The average Bonchev–Trinajstić information content (AvgIpc) is 3.17. The number of carbonyl (C=O) groups is 1. The maximum atomic E-state index is 11.7. The van der Waals surface area contributed by atoms with Crippen molar-refractivity contribution < 1.29 is 19.0 Å². The van der Waals surface area contributed by atoms with Gasteiger partial charge in [0.2, 0.25) is 5.95 Å². The van der Waals surface area contributed by atoms with Crippen molar-refractivity contribution in [3.63, 3.8) is 0 Å². The molecule has 2 aliphatic rings. The van der Waals surface area contributed by atoms with Gasteiger partial charge in [-0.1, -0.05) is 0 Å². The van der Waals surface area contributed by atoms with Gasteiger partial charge in [-0.05, 0) is 37.3 Å². The molecule has 0 unspecified atom stereocenters. The second kappa shape index (κ2) is 8.12. The summed E-state index contributed by atoms with van der Waals surface area (Å²) in [5.74, 6) is 0.652. The normalized spacial score (nSPS) is 18.2. The molecule has 8 nitrogen and oxygen atoms in total. The summed E-state index contributed by atoms with van der Waals surface area (Å²) in [6.07, 6.45) is 3.40. The molecular formula is C20H24N4O4. The molecule has 1 N–H and O–H groups in total. The average molecular weight is 384 g/mol. The van der Waals surface area contributed by atoms with Crippen molar-refractivity contribution in [2.45, 2.75) is 25.6 Å². The molecule has 1 aromatic heterocycles. The lowest BCUT2D eigenvalue weighted by Gasteiger charge is -2.38. The van der Waals surface area contributed by atoms with E-state index < -0.39 is 5.79 Å². The van der Waals surface area contributed by atoms with Gasteiger partial charge in [-0.3, -0.25) is 0 Å². The zero-order valence-corrected chi connectivity index (χ0v) is 15.9. The number of anilines is 3. The van der Waals surface area contributed by atoms with Crippen LogP contribution < -0.4 is 10.2 Å². The molecule has 2 fully saturated rings. The Balaban J connectivity index is 1.39. The Morgan fingerprint density at radius 2 is 1.89 bits per heavy atom. The van der Waals surface area contributed by atoms with E-state index in [0.29, 0.717) is 31.3 Å². The monoisotopic (exact) mass is 384 g/mol. The summed E-state index contributed by atoms with van der Waals surface area (Å²) in [7, 11) is 0. The van der Waals surface area contributed by atoms with Crippen molar-refractivity contribution in [1.29, 1.82) is 0 Å². The second-order valence-corrected chi connectivity index (χ2v) is 6.76. The number of hydrogen-bond acceptors (Lipinski definition) is 8. The topological polar surface area (TPSA) is 85.8 Å². The lowest BCUT2D eigenvalue weighted by Crippen LogP contribution is -2.45. The molecule has 2 aromatic rings. The van der Waals surface area contributed by atoms with Crippen LogP contribution in [0.1, 0.15) is 30.1 Å². The highest BCUT2D eigenvalue weighted by Crippen LogP contribution is 2.32. The van der Waals surface area contributed by atoms with Gasteiger partial charge >= 0.3 is 5.97 Å². The Bertz CT molecular complexity index is 811. The van der Waals surface area contributed by atoms with Gasteiger partial charge in [0.15, 0.2) is 5.79 Å². The first-order valence-electron chi connectivity index (χ1n) is 9.58. The number of benzene rings is 1. The van der Waals surface area contributed by atoms with Gasteiger partial charge in [-0.15, -0.1) is 0 Å². The van der Waals surface area contributed by atoms with E-state index in [2.05, 4.69) is 20.2 Å². The van der Waals surface area contributed by atoms with Crippen LogP contribution in [-0.4, -0.2) is 54.6 Å². The Morgan fingerprint density at radius 3 is 2.57 bits per heavy atom. The molecule has 0 saturated carbocycles. The van der Waals surface area contributed by atoms with Gasteiger partial charge in [0.05, 0.1) is 25.4 Å². The highest BCUT2D eigenvalue weighted by Gasteiger charge is 2.40. The van der Waals surface area contributed by atoms with E-state index in [1.165, 1.54) is 0 Å². The Hall–Kier alpha value is -2.71. The summed E-state index contributed by atoms with van der Waals surface area (Å²) < 4.78 is 16.6. The first-order chi connectivity index (χ1) is 13.7. The highest BCUT2D eigenvalue weighted by molar-refractivity contribution is 5.89. The maximum Gasteiger partial charge on any atom is 0.338 e. The number of carbonyl (C=O) groups excluding carboxylic acids is 1. The van der Waals surface area contributed by atoms with Crippen LogP contribution in [0.4, 0.5) is 17.5 Å². The molecule has 28 heavy (non-hydrogen) atoms. The van der Waals surface area contributed by atoms with E-state index in [1.54, 1.807) is 25.3 Å². The summed E-state index contributed by atoms with van der Waals surface area (Å²) in [5.41, 5.74) is 1.32. The van der Waals surface area contributed by atoms with E-state index in [-0.39, 0.29) is 5.97 Å². The predicted octanol–water partition coefficient (Wildman–Crippen LogP) is 2.74. The summed E-state index contributed by atoms with van der Waals surface area (Å²) >= 11 is 0. The van der Waals surface area contributed by atoms with Crippen molar-refractivity contribution >= 4 is 23.4 Å². The van der Waals surface area contributed by atoms with Gasteiger partial charge < -0.3 is 24.4 Å². The van der Waals surface area contributed by atoms with Crippen LogP contribution in [0.5, 0.6) is 0 Å². The van der Waals surface area contributed by atoms with Gasteiger partial charge in [-0.2, -0.15) is 4.98 Å². The third-order valence-electron chi connectivity index (χ3n) is 4.96. The molecule has 2 aliphatic heterocycles. The number of hydrogen-bond donors (Lipinski definition) is 1. The predicted molar refractivity (Wildman–Crippen MR) is 104 cm³/mol. The largest absolute Gasteiger partial charge is 0.462 e. The third kappa shape index (κ3) is 4.07. The van der Waals surface area contributed by atoms with E-state index in [1.807, 2.05) is 18.2 Å². The Labute approximate surface area is 163 Å². The molecule has 8 heteroatoms. The van der Waals surface area contributed by atoms with Crippen molar-refractivity contribution in [1.82, 2.24) is 9.97 Å². The van der Waals surface area contributed by atoms with Crippen molar-refractivity contribution in [2.75, 3.05) is 43.1 Å². The molecular weight excluding hydrogens is 360 g/mol. The molecule has 148 valence electrons. The van der Waals surface area contributed by atoms with Crippen LogP contribution >= 0.6 is 0 Å². The van der Waals surface area contributed by atoms with Crippen LogP contribution in [-0.2, 0) is 14.2 Å². The molecule has 0 atom stereocenters. The van der Waals surface area contributed by atoms with Crippen LogP contribution in [0.3, 0.4) is 0 Å². The molecule has 0 amide bonds. The number of rotatable bonds is 5. The zero-order chi connectivity index (χ0) is 19.4. The van der Waals surface area contributed by atoms with Gasteiger partial charge in [0.25, 0.3) is 0 Å². The number of aromatic nitrogens is 2. The fourth-order valence-corrected chi connectivity index (χ4v) is 3.48. The minimum Gasteiger partial charge on any atom is -0.462 e. The molecule has 2 saturated heterocycles. The van der Waals surface area contributed by atoms with Crippen LogP contribution in [0.15, 0.2) is 36.5 Å². The minimum absolute atomic E-state index is 0.328. The number of ether oxygens (including phenoxy) is 3. The molecule has 4 rings (SSSR count). The quantitative estimate of drug-likeness (QED) is 0.788. The fourth-order valence-electron chi connectivity index (χ4n) is 3.48. The first kappa shape index (κ1) is 18.6. The fraction of sp³-hybridized carbons (Fsp3) is 0.450. The molecule has 3 heterocycles. The summed E-state index contributed by atoms with van der Waals surface area (Å²) in [5, 5.41) is 3.18. The highest BCUT2D eigenvalue weighted by atomic mass is 16.7. The van der Waals surface area contributed by atoms with Crippen molar-refractivity contribution in [3.8, 4) is 0 Å². The van der Waals surface area contributed by atoms with Gasteiger partial charge in [0, 0.05) is 37.8 Å². The van der Waals surface area contributed by atoms with E-state index in [0.717, 1.165) is 37.4 Å². The standard InChI is InChI=1S/C20H24N4O4/c1-2-26-18(25)15-3-5-16(6-4-15)22-19-21-10-7-17(23-19)24-11-8-20(9-12-24)27-13-14-28-20/h3-7,10H,2,8-9,11-14H2,1H3,(H,21,22,23). The Morgan fingerprint density at radius 1 is 1.18 bits per heavy atom. The molecule has 1 aromatic carbocycles.